The molecule has 0 unspecified atom stereocenters. The number of hydrogen-bond acceptors (Lipinski definition) is 7. The predicted molar refractivity (Wildman–Crippen MR) is 118 cm³/mol. The molecule has 10 nitrogen and oxygen atoms in total. The summed E-state index contributed by atoms with van der Waals surface area (Å²) in [5.41, 5.74) is 0.850. The van der Waals surface area contributed by atoms with Crippen LogP contribution in [0.1, 0.15) is 39.2 Å². The number of urea groups is 1. The molecule has 0 atom stereocenters. The van der Waals surface area contributed by atoms with Gasteiger partial charge in [-0.3, -0.25) is 5.32 Å². The van der Waals surface area contributed by atoms with Crippen LogP contribution in [0.15, 0.2) is 35.6 Å². The second-order valence-electron chi connectivity index (χ2n) is 8.93. The average molecular weight is 460 g/mol. The summed E-state index contributed by atoms with van der Waals surface area (Å²) >= 11 is 0. The van der Waals surface area contributed by atoms with E-state index < -0.39 is 21.5 Å². The van der Waals surface area contributed by atoms with E-state index in [-0.39, 0.29) is 23.0 Å². The van der Waals surface area contributed by atoms with Gasteiger partial charge in [-0.1, -0.05) is 6.07 Å². The van der Waals surface area contributed by atoms with Crippen molar-refractivity contribution in [3.8, 4) is 0 Å². The Labute approximate surface area is 186 Å². The average Bonchev–Trinajstić information content (AvgIpc) is 3.50. The first-order chi connectivity index (χ1) is 14.9. The number of carbonyl (C=O) groups excluding carboxylic acids is 2. The first-order valence-electron chi connectivity index (χ1n) is 10.2. The van der Waals surface area contributed by atoms with Crippen molar-refractivity contribution in [2.24, 2.45) is 0 Å². The van der Waals surface area contributed by atoms with Gasteiger partial charge in [-0.25, -0.2) is 27.9 Å². The molecule has 1 N–H and O–H groups in total. The van der Waals surface area contributed by atoms with E-state index in [1.54, 1.807) is 49.9 Å². The third-order valence-corrected chi connectivity index (χ3v) is 5.74. The smallest absolute Gasteiger partial charge is 0.412 e. The molecule has 11 heteroatoms. The van der Waals surface area contributed by atoms with Crippen LogP contribution in [0.4, 0.5) is 26.8 Å². The molecule has 0 saturated heterocycles. The lowest BCUT2D eigenvalue weighted by Gasteiger charge is -2.36. The van der Waals surface area contributed by atoms with Gasteiger partial charge in [0.25, 0.3) is 0 Å². The summed E-state index contributed by atoms with van der Waals surface area (Å²) < 4.78 is 29.3. The topological polar surface area (TPSA) is 122 Å². The number of hydrogen-bond donors (Lipinski definition) is 1. The zero-order valence-corrected chi connectivity index (χ0v) is 19.1. The zero-order chi connectivity index (χ0) is 23.3. The molecule has 0 spiro atoms. The number of sulfone groups is 1. The maximum absolute atomic E-state index is 13.4. The van der Waals surface area contributed by atoms with Gasteiger partial charge in [-0.2, -0.15) is 4.98 Å². The second-order valence-corrected chi connectivity index (χ2v) is 10.8. The van der Waals surface area contributed by atoms with Crippen LogP contribution in [0.25, 0.3) is 0 Å². The summed E-state index contributed by atoms with van der Waals surface area (Å²) in [6.07, 6.45) is 3.68. The lowest BCUT2D eigenvalue weighted by atomic mass is 10.1. The van der Waals surface area contributed by atoms with E-state index in [1.165, 1.54) is 11.1 Å². The van der Waals surface area contributed by atoms with Crippen LogP contribution in [-0.4, -0.2) is 53.3 Å². The minimum Gasteiger partial charge on any atom is -0.444 e. The predicted octanol–water partition coefficient (Wildman–Crippen LogP) is 3.46. The molecular formula is C21H25N5O5S. The van der Waals surface area contributed by atoms with Crippen molar-refractivity contribution < 1.29 is 22.7 Å². The summed E-state index contributed by atoms with van der Waals surface area (Å²) in [4.78, 5) is 36.9. The van der Waals surface area contributed by atoms with Crippen LogP contribution in [-0.2, 0) is 21.1 Å². The first-order valence-corrected chi connectivity index (χ1v) is 12.1. The number of benzene rings is 1. The quantitative estimate of drug-likeness (QED) is 0.695. The lowest BCUT2D eigenvalue weighted by molar-refractivity contribution is 0.0636. The maximum Gasteiger partial charge on any atom is 0.412 e. The van der Waals surface area contributed by atoms with Crippen LogP contribution >= 0.6 is 0 Å². The molecule has 170 valence electrons. The number of amides is 3. The minimum atomic E-state index is -3.67. The van der Waals surface area contributed by atoms with Crippen molar-refractivity contribution in [2.75, 3.05) is 16.5 Å². The van der Waals surface area contributed by atoms with Crippen LogP contribution in [0.2, 0.25) is 0 Å². The van der Waals surface area contributed by atoms with Crippen molar-refractivity contribution in [2.45, 2.75) is 57.0 Å². The molecular weight excluding hydrogens is 434 g/mol. The Morgan fingerprint density at radius 3 is 2.59 bits per heavy atom. The molecule has 32 heavy (non-hydrogen) atoms. The van der Waals surface area contributed by atoms with Crippen LogP contribution < -0.4 is 10.2 Å². The fourth-order valence-corrected chi connectivity index (χ4v) is 3.88. The van der Waals surface area contributed by atoms with Gasteiger partial charge in [-0.05, 0) is 51.8 Å². The Morgan fingerprint density at radius 2 is 1.97 bits per heavy atom. The number of rotatable bonds is 4. The van der Waals surface area contributed by atoms with Crippen LogP contribution in [0.3, 0.4) is 0 Å². The molecule has 0 bridgehead atoms. The van der Waals surface area contributed by atoms with E-state index in [9.17, 15) is 18.0 Å². The number of carbonyl (C=O) groups is 2. The Balaban J connectivity index is 1.73. The lowest BCUT2D eigenvalue weighted by Crippen LogP contribution is -2.46. The highest BCUT2D eigenvalue weighted by Crippen LogP contribution is 2.39. The Hall–Kier alpha value is -3.21. The number of nitrogens with one attached hydrogen (secondary N) is 1. The molecule has 1 aliphatic heterocycles. The Bertz CT molecular complexity index is 1190. The van der Waals surface area contributed by atoms with Gasteiger partial charge >= 0.3 is 12.1 Å². The fourth-order valence-electron chi connectivity index (χ4n) is 3.38. The number of aromatic nitrogens is 2. The van der Waals surface area contributed by atoms with Crippen molar-refractivity contribution in [1.29, 1.82) is 0 Å². The highest BCUT2D eigenvalue weighted by atomic mass is 32.2. The summed E-state index contributed by atoms with van der Waals surface area (Å²) in [7, 11) is -3.67. The monoisotopic (exact) mass is 459 g/mol. The van der Waals surface area contributed by atoms with Crippen molar-refractivity contribution in [3.05, 3.63) is 36.0 Å². The standard InChI is InChI=1S/C21H25N5O5S/c1-21(2,3)31-19(27)23-14-6-5-7-16(10-14)26-17-13(11-22-18(24-17)32(4,29)30)12-25(20(26)28)15-8-9-15/h5-7,10-11,15H,8-9,12H2,1-4H3,(H,23,27). The van der Waals surface area contributed by atoms with Gasteiger partial charge in [-0.15, -0.1) is 0 Å². The van der Waals surface area contributed by atoms with Gasteiger partial charge in [0.15, 0.2) is 5.82 Å². The molecule has 3 amide bonds. The highest BCUT2D eigenvalue weighted by Gasteiger charge is 2.41. The molecule has 1 aromatic heterocycles. The second kappa shape index (κ2) is 7.73. The molecule has 1 fully saturated rings. The Morgan fingerprint density at radius 1 is 1.25 bits per heavy atom. The zero-order valence-electron chi connectivity index (χ0n) is 18.3. The summed E-state index contributed by atoms with van der Waals surface area (Å²) in [6, 6.07) is 6.50. The molecule has 1 aliphatic carbocycles. The largest absolute Gasteiger partial charge is 0.444 e. The van der Waals surface area contributed by atoms with E-state index in [1.807, 2.05) is 0 Å². The van der Waals surface area contributed by atoms with Crippen molar-refractivity contribution in [3.63, 3.8) is 0 Å². The van der Waals surface area contributed by atoms with Crippen molar-refractivity contribution in [1.82, 2.24) is 14.9 Å². The number of nitrogens with zero attached hydrogens (tertiary/aromatic N) is 4. The molecule has 4 rings (SSSR count). The molecule has 1 saturated carbocycles. The van der Waals surface area contributed by atoms with Crippen LogP contribution in [0.5, 0.6) is 0 Å². The normalized spacial score (nSPS) is 16.6. The summed E-state index contributed by atoms with van der Waals surface area (Å²) in [5, 5.41) is 2.31. The number of ether oxygens (including phenoxy) is 1. The third-order valence-electron chi connectivity index (χ3n) is 4.88. The Kier molecular flexibility index (Phi) is 5.32. The van der Waals surface area contributed by atoms with Gasteiger partial charge < -0.3 is 9.64 Å². The van der Waals surface area contributed by atoms with Gasteiger partial charge in [0.1, 0.15) is 5.60 Å². The van der Waals surface area contributed by atoms with E-state index in [4.69, 9.17) is 4.74 Å². The third kappa shape index (κ3) is 4.67. The SMILES string of the molecule is CC(C)(C)OC(=O)Nc1cccc(N2C(=O)N(C3CC3)Cc3cnc(S(C)(=O)=O)nc32)c1. The highest BCUT2D eigenvalue weighted by molar-refractivity contribution is 7.90. The van der Waals surface area contributed by atoms with E-state index in [2.05, 4.69) is 15.3 Å². The van der Waals surface area contributed by atoms with E-state index in [0.717, 1.165) is 19.1 Å². The van der Waals surface area contributed by atoms with Gasteiger partial charge in [0, 0.05) is 29.7 Å². The number of fused-ring (bicyclic) bond motifs is 1. The molecule has 2 aromatic rings. The fraction of sp³-hybridized carbons (Fsp3) is 0.429. The van der Waals surface area contributed by atoms with E-state index >= 15 is 0 Å². The van der Waals surface area contributed by atoms with Gasteiger partial charge in [0.05, 0.1) is 12.2 Å². The maximum atomic E-state index is 13.4. The molecule has 2 aliphatic rings. The molecule has 2 heterocycles. The number of anilines is 3. The van der Waals surface area contributed by atoms with Crippen LogP contribution in [0, 0.1) is 0 Å². The minimum absolute atomic E-state index is 0.135. The van der Waals surface area contributed by atoms with E-state index in [0.29, 0.717) is 23.5 Å². The molecule has 0 radical (unpaired) electrons. The summed E-state index contributed by atoms with van der Waals surface area (Å²) in [5.74, 6) is 0.219. The van der Waals surface area contributed by atoms with Gasteiger partial charge in [0.2, 0.25) is 15.0 Å². The first kappa shape index (κ1) is 22.0. The van der Waals surface area contributed by atoms with Crippen molar-refractivity contribution >= 4 is 39.2 Å². The molecule has 1 aromatic carbocycles. The summed E-state index contributed by atoms with van der Waals surface area (Å²) in [6.45, 7) is 5.60.